The number of rotatable bonds is 4. The third-order valence-electron chi connectivity index (χ3n) is 2.02. The van der Waals surface area contributed by atoms with Gasteiger partial charge in [-0.15, -0.1) is 0 Å². The van der Waals surface area contributed by atoms with Gasteiger partial charge in [0.05, 0.1) is 17.7 Å². The molecule has 1 unspecified atom stereocenters. The predicted octanol–water partition coefficient (Wildman–Crippen LogP) is 1.85. The lowest BCUT2D eigenvalue weighted by atomic mass is 10.1. The van der Waals surface area contributed by atoms with E-state index in [2.05, 4.69) is 21.2 Å². The number of likely N-dealkylation sites (N-methyl/N-ethyl adjacent to an activating group) is 1. The van der Waals surface area contributed by atoms with Gasteiger partial charge < -0.3 is 15.2 Å². The van der Waals surface area contributed by atoms with Crippen LogP contribution in [0, 0.1) is 5.82 Å². The molecule has 0 amide bonds. The van der Waals surface area contributed by atoms with E-state index < -0.39 is 11.9 Å². The Morgan fingerprint density at radius 3 is 2.80 bits per heavy atom. The van der Waals surface area contributed by atoms with Crippen molar-refractivity contribution in [1.29, 1.82) is 0 Å². The molecule has 0 fully saturated rings. The number of nitrogens with one attached hydrogen (secondary N) is 1. The number of methoxy groups -OCH3 is 1. The van der Waals surface area contributed by atoms with Crippen molar-refractivity contribution in [2.75, 3.05) is 20.7 Å². The fourth-order valence-corrected chi connectivity index (χ4v) is 1.63. The first kappa shape index (κ1) is 12.4. The van der Waals surface area contributed by atoms with Gasteiger partial charge in [-0.05, 0) is 40.7 Å². The van der Waals surface area contributed by atoms with Gasteiger partial charge in [0.1, 0.15) is 11.6 Å². The minimum Gasteiger partial charge on any atom is -0.495 e. The second-order valence-electron chi connectivity index (χ2n) is 3.09. The van der Waals surface area contributed by atoms with Crippen molar-refractivity contribution in [3.8, 4) is 5.75 Å². The normalized spacial score (nSPS) is 12.6. The summed E-state index contributed by atoms with van der Waals surface area (Å²) in [4.78, 5) is 0. The van der Waals surface area contributed by atoms with Crippen LogP contribution in [-0.4, -0.2) is 25.8 Å². The predicted molar refractivity (Wildman–Crippen MR) is 59.5 cm³/mol. The van der Waals surface area contributed by atoms with E-state index in [-0.39, 0.29) is 4.47 Å². The summed E-state index contributed by atoms with van der Waals surface area (Å²) in [6, 6.07) is 2.89. The van der Waals surface area contributed by atoms with Gasteiger partial charge in [0.2, 0.25) is 0 Å². The highest BCUT2D eigenvalue weighted by Gasteiger charge is 2.13. The van der Waals surface area contributed by atoms with Crippen molar-refractivity contribution in [3.63, 3.8) is 0 Å². The molecule has 0 saturated carbocycles. The van der Waals surface area contributed by atoms with Crippen molar-refractivity contribution in [3.05, 3.63) is 28.0 Å². The number of benzene rings is 1. The SMILES string of the molecule is CNCC(O)c1cc(F)c(Br)c(OC)c1. The smallest absolute Gasteiger partial charge is 0.141 e. The molecule has 0 aliphatic carbocycles. The minimum absolute atomic E-state index is 0.269. The number of aliphatic hydroxyl groups is 1. The minimum atomic E-state index is -0.744. The zero-order chi connectivity index (χ0) is 11.4. The Labute approximate surface area is 96.4 Å². The molecule has 15 heavy (non-hydrogen) atoms. The molecule has 0 spiro atoms. The Morgan fingerprint density at radius 2 is 2.27 bits per heavy atom. The average Bonchev–Trinajstić information content (AvgIpc) is 2.22. The molecule has 0 radical (unpaired) electrons. The van der Waals surface area contributed by atoms with Gasteiger partial charge in [-0.2, -0.15) is 0 Å². The molecule has 0 saturated heterocycles. The second kappa shape index (κ2) is 5.44. The highest BCUT2D eigenvalue weighted by atomic mass is 79.9. The van der Waals surface area contributed by atoms with Crippen LogP contribution in [0.3, 0.4) is 0 Å². The van der Waals surface area contributed by atoms with Gasteiger partial charge in [0, 0.05) is 6.54 Å². The molecule has 0 aliphatic heterocycles. The zero-order valence-corrected chi connectivity index (χ0v) is 10.1. The molecule has 1 aromatic carbocycles. The summed E-state index contributed by atoms with van der Waals surface area (Å²) >= 11 is 3.07. The summed E-state index contributed by atoms with van der Waals surface area (Å²) in [6.07, 6.45) is -0.744. The first-order chi connectivity index (χ1) is 7.10. The summed E-state index contributed by atoms with van der Waals surface area (Å²) in [7, 11) is 3.17. The van der Waals surface area contributed by atoms with Crippen LogP contribution in [0.25, 0.3) is 0 Å². The molecular formula is C10H13BrFNO2. The summed E-state index contributed by atoms with van der Waals surface area (Å²) in [5.74, 6) is -0.0698. The second-order valence-corrected chi connectivity index (χ2v) is 3.89. The van der Waals surface area contributed by atoms with Crippen molar-refractivity contribution < 1.29 is 14.2 Å². The van der Waals surface area contributed by atoms with Gasteiger partial charge in [-0.1, -0.05) is 0 Å². The van der Waals surface area contributed by atoms with Gasteiger partial charge in [-0.3, -0.25) is 0 Å². The standard InChI is InChI=1S/C10H13BrFNO2/c1-13-5-8(14)6-3-7(12)10(11)9(4-6)15-2/h3-4,8,13-14H,5H2,1-2H3. The Morgan fingerprint density at radius 1 is 1.60 bits per heavy atom. The number of hydrogen-bond acceptors (Lipinski definition) is 3. The topological polar surface area (TPSA) is 41.5 Å². The van der Waals surface area contributed by atoms with Crippen molar-refractivity contribution in [2.45, 2.75) is 6.10 Å². The Bertz CT molecular complexity index is 346. The largest absolute Gasteiger partial charge is 0.495 e. The van der Waals surface area contributed by atoms with Crippen LogP contribution in [-0.2, 0) is 0 Å². The molecular weight excluding hydrogens is 265 g/mol. The maximum atomic E-state index is 13.4. The lowest BCUT2D eigenvalue weighted by Crippen LogP contribution is -2.16. The van der Waals surface area contributed by atoms with E-state index in [9.17, 15) is 9.50 Å². The lowest BCUT2D eigenvalue weighted by Gasteiger charge is -2.13. The Balaban J connectivity index is 3.05. The van der Waals surface area contributed by atoms with Gasteiger partial charge in [0.15, 0.2) is 0 Å². The van der Waals surface area contributed by atoms with E-state index in [0.29, 0.717) is 17.9 Å². The van der Waals surface area contributed by atoms with E-state index in [4.69, 9.17) is 4.74 Å². The first-order valence-corrected chi connectivity index (χ1v) is 5.25. The van der Waals surface area contributed by atoms with Crippen LogP contribution in [0.5, 0.6) is 5.75 Å². The number of halogens is 2. The molecule has 0 heterocycles. The number of ether oxygens (including phenoxy) is 1. The van der Waals surface area contributed by atoms with E-state index in [0.717, 1.165) is 0 Å². The number of aliphatic hydroxyl groups excluding tert-OH is 1. The van der Waals surface area contributed by atoms with Crippen LogP contribution < -0.4 is 10.1 Å². The van der Waals surface area contributed by atoms with E-state index in [1.54, 1.807) is 13.1 Å². The van der Waals surface area contributed by atoms with E-state index >= 15 is 0 Å². The quantitative estimate of drug-likeness (QED) is 0.883. The molecule has 2 N–H and O–H groups in total. The Hall–Kier alpha value is -0.650. The van der Waals surface area contributed by atoms with Crippen LogP contribution in [0.1, 0.15) is 11.7 Å². The monoisotopic (exact) mass is 277 g/mol. The fraction of sp³-hybridized carbons (Fsp3) is 0.400. The van der Waals surface area contributed by atoms with Crippen LogP contribution in [0.2, 0.25) is 0 Å². The van der Waals surface area contributed by atoms with Crippen LogP contribution >= 0.6 is 15.9 Å². The molecule has 84 valence electrons. The molecule has 0 aromatic heterocycles. The van der Waals surface area contributed by atoms with Gasteiger partial charge >= 0.3 is 0 Å². The van der Waals surface area contributed by atoms with Gasteiger partial charge in [-0.25, -0.2) is 4.39 Å². The van der Waals surface area contributed by atoms with Crippen molar-refractivity contribution in [2.24, 2.45) is 0 Å². The third kappa shape index (κ3) is 2.90. The zero-order valence-electron chi connectivity index (χ0n) is 8.55. The highest BCUT2D eigenvalue weighted by Crippen LogP contribution is 2.31. The van der Waals surface area contributed by atoms with Gasteiger partial charge in [0.25, 0.3) is 0 Å². The molecule has 1 rings (SSSR count). The Kier molecular flexibility index (Phi) is 4.50. The third-order valence-corrected chi connectivity index (χ3v) is 2.79. The fourth-order valence-electron chi connectivity index (χ4n) is 1.24. The molecule has 5 heteroatoms. The maximum absolute atomic E-state index is 13.4. The van der Waals surface area contributed by atoms with Crippen LogP contribution in [0.15, 0.2) is 16.6 Å². The summed E-state index contributed by atoms with van der Waals surface area (Å²) in [5, 5.41) is 12.5. The number of hydrogen-bond donors (Lipinski definition) is 2. The summed E-state index contributed by atoms with van der Waals surface area (Å²) in [5.41, 5.74) is 0.488. The van der Waals surface area contributed by atoms with Crippen molar-refractivity contribution in [1.82, 2.24) is 5.32 Å². The first-order valence-electron chi connectivity index (χ1n) is 4.45. The summed E-state index contributed by atoms with van der Waals surface area (Å²) < 4.78 is 18.6. The average molecular weight is 278 g/mol. The molecule has 0 bridgehead atoms. The maximum Gasteiger partial charge on any atom is 0.141 e. The van der Waals surface area contributed by atoms with E-state index in [1.165, 1.54) is 13.2 Å². The van der Waals surface area contributed by atoms with Crippen molar-refractivity contribution >= 4 is 15.9 Å². The molecule has 1 aromatic rings. The summed E-state index contributed by atoms with van der Waals surface area (Å²) in [6.45, 7) is 0.365. The molecule has 1 atom stereocenters. The van der Waals surface area contributed by atoms with Crippen LogP contribution in [0.4, 0.5) is 4.39 Å². The van der Waals surface area contributed by atoms with E-state index in [1.807, 2.05) is 0 Å². The molecule has 3 nitrogen and oxygen atoms in total. The molecule has 0 aliphatic rings. The lowest BCUT2D eigenvalue weighted by molar-refractivity contribution is 0.177. The highest BCUT2D eigenvalue weighted by molar-refractivity contribution is 9.10.